The molecule has 2 heterocycles. The molecule has 186 valence electrons. The van der Waals surface area contributed by atoms with E-state index in [9.17, 15) is 14.4 Å². The summed E-state index contributed by atoms with van der Waals surface area (Å²) in [5.41, 5.74) is -1.01. The second-order valence-corrected chi connectivity index (χ2v) is 11.5. The Morgan fingerprint density at radius 3 is 2.62 bits per heavy atom. The maximum absolute atomic E-state index is 12.3. The first-order chi connectivity index (χ1) is 16.1. The molecule has 0 spiro atoms. The lowest BCUT2D eigenvalue weighted by Gasteiger charge is -2.27. The molecule has 0 aliphatic carbocycles. The Labute approximate surface area is 202 Å². The molecule has 5 atom stereocenters. The summed E-state index contributed by atoms with van der Waals surface area (Å²) in [5.74, 6) is 0.0203. The largest absolute Gasteiger partial charge is 0.462 e. The van der Waals surface area contributed by atoms with Crippen molar-refractivity contribution in [3.05, 3.63) is 63.4 Å². The number of benzene rings is 1. The van der Waals surface area contributed by atoms with E-state index >= 15 is 0 Å². The second kappa shape index (κ2) is 11.4. The van der Waals surface area contributed by atoms with E-state index in [1.165, 1.54) is 16.8 Å². The van der Waals surface area contributed by atoms with E-state index in [-0.39, 0.29) is 24.7 Å². The molecule has 0 bridgehead atoms. The van der Waals surface area contributed by atoms with Crippen molar-refractivity contribution in [3.63, 3.8) is 0 Å². The number of hydrogen-bond donors (Lipinski definition) is 2. The molecule has 1 aromatic heterocycles. The van der Waals surface area contributed by atoms with Crippen molar-refractivity contribution in [1.29, 1.82) is 0 Å². The van der Waals surface area contributed by atoms with Crippen molar-refractivity contribution in [2.45, 2.75) is 58.6 Å². The molecular formula is C22H30N3O7PS. The number of para-hydroxylation sites is 1. The summed E-state index contributed by atoms with van der Waals surface area (Å²) in [5, 5.41) is 3.00. The molecule has 3 rings (SSSR count). The van der Waals surface area contributed by atoms with Gasteiger partial charge >= 0.3 is 18.3 Å². The van der Waals surface area contributed by atoms with Gasteiger partial charge in [0.1, 0.15) is 18.0 Å². The first-order valence-corrected chi connectivity index (χ1v) is 13.6. The number of nitrogens with one attached hydrogen (secondary N) is 2. The highest BCUT2D eigenvalue weighted by Gasteiger charge is 2.36. The van der Waals surface area contributed by atoms with Gasteiger partial charge in [-0.25, -0.2) is 9.88 Å². The van der Waals surface area contributed by atoms with E-state index in [2.05, 4.69) is 10.1 Å². The van der Waals surface area contributed by atoms with Crippen LogP contribution in [0.15, 0.2) is 52.2 Å². The van der Waals surface area contributed by atoms with Gasteiger partial charge in [0.15, 0.2) is 0 Å². The minimum absolute atomic E-state index is 0.0157. The van der Waals surface area contributed by atoms with E-state index in [1.54, 1.807) is 45.0 Å². The predicted octanol–water partition coefficient (Wildman–Crippen LogP) is 2.71. The van der Waals surface area contributed by atoms with Gasteiger partial charge in [-0.2, -0.15) is 0 Å². The zero-order valence-corrected chi connectivity index (χ0v) is 21.2. The molecule has 2 aromatic rings. The number of rotatable bonds is 10. The Morgan fingerprint density at radius 1 is 1.26 bits per heavy atom. The van der Waals surface area contributed by atoms with Crippen LogP contribution in [-0.4, -0.2) is 40.4 Å². The number of ether oxygens (including phenoxy) is 2. The summed E-state index contributed by atoms with van der Waals surface area (Å²) in [6.07, 6.45) is 0.811. The summed E-state index contributed by atoms with van der Waals surface area (Å²) in [6.45, 7) is 4.01. The van der Waals surface area contributed by atoms with Crippen LogP contribution >= 0.6 is 6.64 Å². The number of H-pyrrole nitrogens is 1. The van der Waals surface area contributed by atoms with Crippen molar-refractivity contribution in [2.24, 2.45) is 5.92 Å². The van der Waals surface area contributed by atoms with Gasteiger partial charge in [-0.15, -0.1) is 0 Å². The fraction of sp³-hybridized carbons (Fsp3) is 0.500. The zero-order chi connectivity index (χ0) is 24.9. The van der Waals surface area contributed by atoms with Crippen molar-refractivity contribution in [1.82, 2.24) is 14.6 Å². The third-order valence-corrected chi connectivity index (χ3v) is 7.53. The van der Waals surface area contributed by atoms with Crippen LogP contribution < -0.4 is 20.9 Å². The molecule has 12 heteroatoms. The van der Waals surface area contributed by atoms with Gasteiger partial charge in [0.25, 0.3) is 5.56 Å². The lowest BCUT2D eigenvalue weighted by molar-refractivity contribution is -0.149. The fourth-order valence-corrected chi connectivity index (χ4v) is 5.94. The smallest absolute Gasteiger partial charge is 0.330 e. The highest BCUT2D eigenvalue weighted by atomic mass is 32.5. The van der Waals surface area contributed by atoms with Crippen molar-refractivity contribution >= 4 is 24.4 Å². The van der Waals surface area contributed by atoms with Crippen LogP contribution in [0.2, 0.25) is 0 Å². The quantitative estimate of drug-likeness (QED) is 0.366. The Hall–Kier alpha value is -2.30. The van der Waals surface area contributed by atoms with Crippen LogP contribution in [0.3, 0.4) is 0 Å². The van der Waals surface area contributed by atoms with Gasteiger partial charge < -0.3 is 18.5 Å². The lowest BCUT2D eigenvalue weighted by atomic mass is 10.1. The summed E-state index contributed by atoms with van der Waals surface area (Å²) in [4.78, 5) is 38.1. The maximum Gasteiger partial charge on any atom is 0.330 e. The zero-order valence-electron chi connectivity index (χ0n) is 19.5. The van der Waals surface area contributed by atoms with Crippen LogP contribution in [0.4, 0.5) is 0 Å². The minimum atomic E-state index is -3.19. The highest BCUT2D eigenvalue weighted by Crippen LogP contribution is 2.46. The summed E-state index contributed by atoms with van der Waals surface area (Å²) in [7, 11) is 0. The van der Waals surface area contributed by atoms with Crippen molar-refractivity contribution < 1.29 is 23.3 Å². The Kier molecular flexibility index (Phi) is 8.83. The van der Waals surface area contributed by atoms with Crippen LogP contribution in [0.1, 0.15) is 40.3 Å². The van der Waals surface area contributed by atoms with Crippen LogP contribution in [-0.2, 0) is 30.6 Å². The van der Waals surface area contributed by atoms with Crippen LogP contribution in [0.5, 0.6) is 5.75 Å². The molecule has 2 N–H and O–H groups in total. The van der Waals surface area contributed by atoms with Crippen molar-refractivity contribution in [2.75, 3.05) is 6.61 Å². The molecule has 34 heavy (non-hydrogen) atoms. The van der Waals surface area contributed by atoms with Crippen LogP contribution in [0.25, 0.3) is 0 Å². The highest BCUT2D eigenvalue weighted by molar-refractivity contribution is 8.09. The molecule has 0 radical (unpaired) electrons. The molecule has 5 unspecified atom stereocenters. The van der Waals surface area contributed by atoms with E-state index in [1.807, 2.05) is 13.0 Å². The van der Waals surface area contributed by atoms with Crippen LogP contribution in [0, 0.1) is 5.92 Å². The normalized spacial score (nSPS) is 22.8. The average Bonchev–Trinajstić information content (AvgIpc) is 3.13. The monoisotopic (exact) mass is 511 g/mol. The van der Waals surface area contributed by atoms with E-state index in [0.29, 0.717) is 12.2 Å². The summed E-state index contributed by atoms with van der Waals surface area (Å²) >= 11 is 5.71. The SMILES string of the molecule is CC(C)OC(=O)C(C)NP(=S)(OCC1CC(C)C(n2ccc(=O)[nH]c2=O)O1)Oc1ccccc1. The van der Waals surface area contributed by atoms with E-state index in [4.69, 9.17) is 30.3 Å². The van der Waals surface area contributed by atoms with Crippen molar-refractivity contribution in [3.8, 4) is 5.75 Å². The number of aromatic nitrogens is 2. The minimum Gasteiger partial charge on any atom is -0.462 e. The Morgan fingerprint density at radius 2 is 1.97 bits per heavy atom. The molecular weight excluding hydrogens is 481 g/mol. The van der Waals surface area contributed by atoms with Gasteiger partial charge in [0, 0.05) is 18.2 Å². The fourth-order valence-electron chi connectivity index (χ4n) is 3.51. The predicted molar refractivity (Wildman–Crippen MR) is 130 cm³/mol. The molecule has 0 amide bonds. The topological polar surface area (TPSA) is 121 Å². The maximum atomic E-state index is 12.3. The lowest BCUT2D eigenvalue weighted by Crippen LogP contribution is -2.36. The number of nitrogens with zero attached hydrogens (tertiary/aromatic N) is 1. The molecule has 1 aromatic carbocycles. The third-order valence-electron chi connectivity index (χ3n) is 5.04. The first-order valence-electron chi connectivity index (χ1n) is 11.0. The van der Waals surface area contributed by atoms with E-state index in [0.717, 1.165) is 0 Å². The summed E-state index contributed by atoms with van der Waals surface area (Å²) < 4.78 is 24.7. The van der Waals surface area contributed by atoms with Gasteiger partial charge in [0.05, 0.1) is 18.8 Å². The number of esters is 1. The number of carbonyl (C=O) groups excluding carboxylic acids is 1. The molecule has 0 saturated carbocycles. The Balaban J connectivity index is 1.71. The molecule has 1 aliphatic rings. The first kappa shape index (κ1) is 26.3. The van der Waals surface area contributed by atoms with Gasteiger partial charge in [-0.3, -0.25) is 19.1 Å². The number of hydrogen-bond acceptors (Lipinski definition) is 8. The van der Waals surface area contributed by atoms with Gasteiger partial charge in [0.2, 0.25) is 0 Å². The third kappa shape index (κ3) is 7.10. The molecule has 1 saturated heterocycles. The van der Waals surface area contributed by atoms with E-state index < -0.39 is 36.1 Å². The standard InChI is InChI=1S/C22H30N3O7PS/c1-14(2)30-21(27)16(4)24-33(34,32-17-8-6-5-7-9-17)29-13-18-12-15(3)20(31-18)25-11-10-19(26)23-22(25)28/h5-11,14-16,18,20H,12-13H2,1-4H3,(H,24,34)(H,23,26,28). The molecule has 10 nitrogen and oxygen atoms in total. The molecule has 1 fully saturated rings. The second-order valence-electron chi connectivity index (χ2n) is 8.41. The number of carbonyl (C=O) groups is 1. The number of aromatic amines is 1. The Bertz CT molecular complexity index is 1140. The molecule has 1 aliphatic heterocycles. The van der Waals surface area contributed by atoms with Gasteiger partial charge in [-0.1, -0.05) is 25.1 Å². The van der Waals surface area contributed by atoms with Gasteiger partial charge in [-0.05, 0) is 51.1 Å². The summed E-state index contributed by atoms with van der Waals surface area (Å²) in [6, 6.07) is 9.47. The average molecular weight is 512 g/mol.